The summed E-state index contributed by atoms with van der Waals surface area (Å²) in [7, 11) is 1.70. The van der Waals surface area contributed by atoms with Gasteiger partial charge in [-0.05, 0) is 36.3 Å². The summed E-state index contributed by atoms with van der Waals surface area (Å²) in [4.78, 5) is 0. The molecule has 17 heavy (non-hydrogen) atoms. The Morgan fingerprint density at radius 1 is 1.29 bits per heavy atom. The fourth-order valence-corrected chi connectivity index (χ4v) is 1.70. The molecule has 0 aromatic heterocycles. The first kappa shape index (κ1) is 14.4. The molecular weight excluding hydrogens is 300 g/mol. The van der Waals surface area contributed by atoms with Crippen molar-refractivity contribution in [2.75, 3.05) is 20.3 Å². The summed E-state index contributed by atoms with van der Waals surface area (Å²) in [5.41, 5.74) is 1.20. The molecule has 0 saturated carbocycles. The molecular formula is C12H17BrN2OS. The van der Waals surface area contributed by atoms with E-state index in [1.807, 2.05) is 12.1 Å². The molecule has 0 unspecified atom stereocenters. The van der Waals surface area contributed by atoms with E-state index in [9.17, 15) is 0 Å². The van der Waals surface area contributed by atoms with Crippen molar-refractivity contribution in [3.05, 3.63) is 34.3 Å². The fraction of sp³-hybridized carbons (Fsp3) is 0.417. The first-order valence-electron chi connectivity index (χ1n) is 5.47. The number of thiocarbonyl (C=S) groups is 1. The van der Waals surface area contributed by atoms with Crippen LogP contribution in [0.5, 0.6) is 0 Å². The van der Waals surface area contributed by atoms with Gasteiger partial charge in [0.15, 0.2) is 5.11 Å². The predicted molar refractivity (Wildman–Crippen MR) is 78.1 cm³/mol. The Kier molecular flexibility index (Phi) is 7.16. The van der Waals surface area contributed by atoms with Crippen LogP contribution in [0.4, 0.5) is 0 Å². The standard InChI is InChI=1S/C12H17BrN2OS/c1-16-8-2-7-14-12(17)15-9-10-3-5-11(13)6-4-10/h3-6H,2,7-9H2,1H3,(H2,14,15,17). The Hall–Kier alpha value is -0.650. The minimum atomic E-state index is 0.684. The molecule has 0 amide bonds. The monoisotopic (exact) mass is 316 g/mol. The second-order valence-corrected chi connectivity index (χ2v) is 4.91. The molecule has 5 heteroatoms. The molecule has 0 atom stereocenters. The Morgan fingerprint density at radius 3 is 2.65 bits per heavy atom. The lowest BCUT2D eigenvalue weighted by atomic mass is 10.2. The van der Waals surface area contributed by atoms with Crippen LogP contribution in [0.3, 0.4) is 0 Å². The molecule has 0 aliphatic carbocycles. The SMILES string of the molecule is COCCCNC(=S)NCc1ccc(Br)cc1. The van der Waals surface area contributed by atoms with Gasteiger partial charge in [0.2, 0.25) is 0 Å². The number of ether oxygens (including phenoxy) is 1. The molecule has 0 bridgehead atoms. The maximum Gasteiger partial charge on any atom is 0.166 e. The molecule has 0 aliphatic rings. The number of hydrogen-bond acceptors (Lipinski definition) is 2. The van der Waals surface area contributed by atoms with E-state index in [0.29, 0.717) is 5.11 Å². The molecule has 3 nitrogen and oxygen atoms in total. The van der Waals surface area contributed by atoms with E-state index < -0.39 is 0 Å². The third kappa shape index (κ3) is 6.61. The highest BCUT2D eigenvalue weighted by Gasteiger charge is 1.96. The van der Waals surface area contributed by atoms with Gasteiger partial charge in [-0.2, -0.15) is 0 Å². The zero-order valence-corrected chi connectivity index (χ0v) is 12.2. The molecule has 1 rings (SSSR count). The molecule has 0 radical (unpaired) electrons. The predicted octanol–water partition coefficient (Wildman–Crippen LogP) is 2.45. The van der Waals surface area contributed by atoms with Crippen molar-refractivity contribution >= 4 is 33.3 Å². The number of nitrogens with one attached hydrogen (secondary N) is 2. The second kappa shape index (κ2) is 8.44. The maximum absolute atomic E-state index is 5.16. The van der Waals surface area contributed by atoms with Crippen molar-refractivity contribution in [2.45, 2.75) is 13.0 Å². The average Bonchev–Trinajstić information content (AvgIpc) is 2.34. The zero-order valence-electron chi connectivity index (χ0n) is 9.83. The molecule has 0 spiro atoms. The highest BCUT2D eigenvalue weighted by atomic mass is 79.9. The van der Waals surface area contributed by atoms with E-state index in [1.165, 1.54) is 5.56 Å². The van der Waals surface area contributed by atoms with E-state index in [2.05, 4.69) is 38.7 Å². The summed E-state index contributed by atoms with van der Waals surface area (Å²) < 4.78 is 6.04. The van der Waals surface area contributed by atoms with Crippen molar-refractivity contribution in [1.29, 1.82) is 0 Å². The van der Waals surface area contributed by atoms with Gasteiger partial charge in [-0.15, -0.1) is 0 Å². The molecule has 1 aromatic rings. The Bertz CT molecular complexity index is 343. The van der Waals surface area contributed by atoms with Crippen LogP contribution in [-0.2, 0) is 11.3 Å². The van der Waals surface area contributed by atoms with E-state index in [0.717, 1.165) is 30.6 Å². The normalized spacial score (nSPS) is 10.0. The van der Waals surface area contributed by atoms with Gasteiger partial charge in [0.1, 0.15) is 0 Å². The van der Waals surface area contributed by atoms with Crippen molar-refractivity contribution in [2.24, 2.45) is 0 Å². The third-order valence-electron chi connectivity index (χ3n) is 2.18. The van der Waals surface area contributed by atoms with Gasteiger partial charge in [-0.25, -0.2) is 0 Å². The van der Waals surface area contributed by atoms with E-state index in [4.69, 9.17) is 17.0 Å². The fourth-order valence-electron chi connectivity index (χ4n) is 1.27. The van der Waals surface area contributed by atoms with Gasteiger partial charge < -0.3 is 15.4 Å². The van der Waals surface area contributed by atoms with Crippen molar-refractivity contribution in [3.8, 4) is 0 Å². The summed E-state index contributed by atoms with van der Waals surface area (Å²) in [6, 6.07) is 8.16. The highest BCUT2D eigenvalue weighted by Crippen LogP contribution is 2.09. The second-order valence-electron chi connectivity index (χ2n) is 3.58. The van der Waals surface area contributed by atoms with Crippen LogP contribution >= 0.6 is 28.1 Å². The van der Waals surface area contributed by atoms with E-state index >= 15 is 0 Å². The van der Waals surface area contributed by atoms with Gasteiger partial charge in [-0.3, -0.25) is 0 Å². The average molecular weight is 317 g/mol. The lowest BCUT2D eigenvalue weighted by molar-refractivity contribution is 0.195. The molecule has 0 heterocycles. The van der Waals surface area contributed by atoms with Crippen LogP contribution < -0.4 is 10.6 Å². The Balaban J connectivity index is 2.17. The lowest BCUT2D eigenvalue weighted by Crippen LogP contribution is -2.35. The number of halogens is 1. The number of rotatable bonds is 6. The molecule has 1 aromatic carbocycles. The number of benzene rings is 1. The van der Waals surface area contributed by atoms with Crippen LogP contribution in [-0.4, -0.2) is 25.4 Å². The topological polar surface area (TPSA) is 33.3 Å². The summed E-state index contributed by atoms with van der Waals surface area (Å²) >= 11 is 8.56. The number of hydrogen-bond donors (Lipinski definition) is 2. The lowest BCUT2D eigenvalue weighted by Gasteiger charge is -2.10. The van der Waals surface area contributed by atoms with Crippen molar-refractivity contribution in [3.63, 3.8) is 0 Å². The van der Waals surface area contributed by atoms with Crippen molar-refractivity contribution in [1.82, 2.24) is 10.6 Å². The zero-order chi connectivity index (χ0) is 12.5. The molecule has 0 aliphatic heterocycles. The first-order valence-corrected chi connectivity index (χ1v) is 6.67. The van der Waals surface area contributed by atoms with Gasteiger partial charge in [-0.1, -0.05) is 28.1 Å². The summed E-state index contributed by atoms with van der Waals surface area (Å²) in [5.74, 6) is 0. The van der Waals surface area contributed by atoms with E-state index in [-0.39, 0.29) is 0 Å². The molecule has 0 saturated heterocycles. The van der Waals surface area contributed by atoms with Gasteiger partial charge in [0.05, 0.1) is 0 Å². The summed E-state index contributed by atoms with van der Waals surface area (Å²) in [6.45, 7) is 2.33. The van der Waals surface area contributed by atoms with Crippen LogP contribution in [0.1, 0.15) is 12.0 Å². The van der Waals surface area contributed by atoms with Crippen LogP contribution in [0.25, 0.3) is 0 Å². The highest BCUT2D eigenvalue weighted by molar-refractivity contribution is 9.10. The number of methoxy groups -OCH3 is 1. The Morgan fingerprint density at radius 2 is 2.00 bits per heavy atom. The smallest absolute Gasteiger partial charge is 0.166 e. The Labute approximate surface area is 116 Å². The molecule has 94 valence electrons. The maximum atomic E-state index is 5.16. The van der Waals surface area contributed by atoms with Crippen LogP contribution in [0, 0.1) is 0 Å². The third-order valence-corrected chi connectivity index (χ3v) is 2.99. The molecule has 0 fully saturated rings. The largest absolute Gasteiger partial charge is 0.385 e. The van der Waals surface area contributed by atoms with E-state index in [1.54, 1.807) is 7.11 Å². The summed E-state index contributed by atoms with van der Waals surface area (Å²) in [6.07, 6.45) is 0.955. The molecule has 2 N–H and O–H groups in total. The van der Waals surface area contributed by atoms with Gasteiger partial charge in [0, 0.05) is 31.3 Å². The summed E-state index contributed by atoms with van der Waals surface area (Å²) in [5, 5.41) is 6.97. The van der Waals surface area contributed by atoms with Crippen LogP contribution in [0.2, 0.25) is 0 Å². The van der Waals surface area contributed by atoms with Gasteiger partial charge >= 0.3 is 0 Å². The van der Waals surface area contributed by atoms with Gasteiger partial charge in [0.25, 0.3) is 0 Å². The minimum Gasteiger partial charge on any atom is -0.385 e. The van der Waals surface area contributed by atoms with Crippen LogP contribution in [0.15, 0.2) is 28.7 Å². The first-order chi connectivity index (χ1) is 8.22. The van der Waals surface area contributed by atoms with Crippen molar-refractivity contribution < 1.29 is 4.74 Å². The quantitative estimate of drug-likeness (QED) is 0.624. The minimum absolute atomic E-state index is 0.684.